The molecule has 0 atom stereocenters. The van der Waals surface area contributed by atoms with Crippen molar-refractivity contribution < 1.29 is 18.1 Å². The summed E-state index contributed by atoms with van der Waals surface area (Å²) in [6, 6.07) is 11.2. The number of non-ortho nitro benzene ring substituents is 1. The predicted molar refractivity (Wildman–Crippen MR) is 116 cm³/mol. The second-order valence-corrected chi connectivity index (χ2v) is 9.83. The van der Waals surface area contributed by atoms with E-state index in [2.05, 4.69) is 5.32 Å². The molecule has 0 fully saturated rings. The Hall–Kier alpha value is -2.78. The minimum atomic E-state index is -3.67. The monoisotopic (exact) mass is 433 g/mol. The topological polar surface area (TPSA) is 110 Å². The lowest BCUT2D eigenvalue weighted by molar-refractivity contribution is -0.384. The highest BCUT2D eigenvalue weighted by Gasteiger charge is 2.26. The maximum atomic E-state index is 13.0. The Morgan fingerprint density at radius 1 is 0.967 bits per heavy atom. The number of rotatable bonds is 9. The van der Waals surface area contributed by atoms with E-state index in [9.17, 15) is 23.3 Å². The van der Waals surface area contributed by atoms with Crippen LogP contribution in [0.3, 0.4) is 0 Å². The van der Waals surface area contributed by atoms with Gasteiger partial charge in [0.25, 0.3) is 11.6 Å². The van der Waals surface area contributed by atoms with Crippen molar-refractivity contribution in [3.05, 3.63) is 64.2 Å². The Morgan fingerprint density at radius 3 is 1.90 bits per heavy atom. The van der Waals surface area contributed by atoms with Crippen LogP contribution in [0.1, 0.15) is 38.1 Å². The lowest BCUT2D eigenvalue weighted by atomic mass is 10.2. The highest BCUT2D eigenvalue weighted by atomic mass is 32.2. The summed E-state index contributed by atoms with van der Waals surface area (Å²) in [5, 5.41) is 13.3. The van der Waals surface area contributed by atoms with Gasteiger partial charge in [0.2, 0.25) is 10.0 Å². The number of sulfonamides is 1. The first-order valence-corrected chi connectivity index (χ1v) is 11.1. The molecule has 0 heterocycles. The van der Waals surface area contributed by atoms with E-state index in [-0.39, 0.29) is 28.0 Å². The van der Waals surface area contributed by atoms with Crippen LogP contribution >= 0.6 is 0 Å². The molecule has 1 amide bonds. The summed E-state index contributed by atoms with van der Waals surface area (Å²) in [7, 11) is -3.67. The SMILES string of the molecule is CC(C)CN(CC(C)C)S(=O)(=O)c1ccc(C(=O)Nc2ccc([N+](=O)[O-])cc2)cc1. The minimum absolute atomic E-state index is 0.0742. The highest BCUT2D eigenvalue weighted by molar-refractivity contribution is 7.89. The van der Waals surface area contributed by atoms with E-state index in [1.54, 1.807) is 0 Å². The number of nitrogens with one attached hydrogen (secondary N) is 1. The molecule has 9 heteroatoms. The van der Waals surface area contributed by atoms with Gasteiger partial charge >= 0.3 is 0 Å². The van der Waals surface area contributed by atoms with Gasteiger partial charge in [0, 0.05) is 36.5 Å². The highest BCUT2D eigenvalue weighted by Crippen LogP contribution is 2.20. The van der Waals surface area contributed by atoms with Gasteiger partial charge in [-0.2, -0.15) is 4.31 Å². The zero-order chi connectivity index (χ0) is 22.5. The largest absolute Gasteiger partial charge is 0.322 e. The van der Waals surface area contributed by atoms with Crippen molar-refractivity contribution in [2.24, 2.45) is 11.8 Å². The van der Waals surface area contributed by atoms with Crippen molar-refractivity contribution in [3.8, 4) is 0 Å². The van der Waals surface area contributed by atoms with Crippen LogP contribution in [0.2, 0.25) is 0 Å². The summed E-state index contributed by atoms with van der Waals surface area (Å²) >= 11 is 0. The third kappa shape index (κ3) is 6.11. The molecule has 30 heavy (non-hydrogen) atoms. The van der Waals surface area contributed by atoms with E-state index in [0.29, 0.717) is 18.8 Å². The van der Waals surface area contributed by atoms with Crippen LogP contribution < -0.4 is 5.32 Å². The van der Waals surface area contributed by atoms with Crippen LogP contribution in [0, 0.1) is 22.0 Å². The van der Waals surface area contributed by atoms with Crippen molar-refractivity contribution in [2.75, 3.05) is 18.4 Å². The number of benzene rings is 2. The molecule has 0 aromatic heterocycles. The molecule has 0 radical (unpaired) electrons. The number of hydrogen-bond acceptors (Lipinski definition) is 5. The number of amides is 1. The average Bonchev–Trinajstić information content (AvgIpc) is 2.67. The van der Waals surface area contributed by atoms with E-state index < -0.39 is 20.9 Å². The molecular formula is C21H27N3O5S. The fourth-order valence-electron chi connectivity index (χ4n) is 2.88. The second kappa shape index (κ2) is 9.82. The van der Waals surface area contributed by atoms with Gasteiger partial charge in [-0.1, -0.05) is 27.7 Å². The third-order valence-corrected chi connectivity index (χ3v) is 6.07. The van der Waals surface area contributed by atoms with Crippen LogP contribution in [0.25, 0.3) is 0 Å². The summed E-state index contributed by atoms with van der Waals surface area (Å²) in [5.74, 6) is -0.0652. The Morgan fingerprint density at radius 2 is 1.47 bits per heavy atom. The first-order valence-electron chi connectivity index (χ1n) is 9.66. The van der Waals surface area contributed by atoms with E-state index in [0.717, 1.165) is 0 Å². The summed E-state index contributed by atoms with van der Waals surface area (Å²) in [5.41, 5.74) is 0.615. The maximum absolute atomic E-state index is 13.0. The lowest BCUT2D eigenvalue weighted by Crippen LogP contribution is -2.37. The molecule has 2 aromatic rings. The van der Waals surface area contributed by atoms with Crippen LogP contribution in [-0.2, 0) is 10.0 Å². The van der Waals surface area contributed by atoms with Crippen molar-refractivity contribution in [2.45, 2.75) is 32.6 Å². The van der Waals surface area contributed by atoms with Gasteiger partial charge in [-0.05, 0) is 48.2 Å². The fraction of sp³-hybridized carbons (Fsp3) is 0.381. The normalized spacial score (nSPS) is 11.8. The number of carbonyl (C=O) groups excluding carboxylic acids is 1. The Labute approximate surface area is 177 Å². The molecule has 8 nitrogen and oxygen atoms in total. The van der Waals surface area contributed by atoms with E-state index >= 15 is 0 Å². The zero-order valence-corrected chi connectivity index (χ0v) is 18.3. The van der Waals surface area contributed by atoms with Crippen LogP contribution in [-0.4, -0.2) is 36.6 Å². The molecule has 0 unspecified atom stereocenters. The van der Waals surface area contributed by atoms with Gasteiger partial charge in [0.1, 0.15) is 0 Å². The molecule has 0 saturated heterocycles. The van der Waals surface area contributed by atoms with E-state index in [1.165, 1.54) is 52.8 Å². The van der Waals surface area contributed by atoms with Gasteiger partial charge in [0.05, 0.1) is 9.82 Å². The second-order valence-electron chi connectivity index (χ2n) is 7.89. The molecule has 1 N–H and O–H groups in total. The lowest BCUT2D eigenvalue weighted by Gasteiger charge is -2.25. The first kappa shape index (κ1) is 23.5. The Bertz CT molecular complexity index is 974. The number of nitrogens with zero attached hydrogens (tertiary/aromatic N) is 2. The van der Waals surface area contributed by atoms with Gasteiger partial charge in [-0.25, -0.2) is 8.42 Å². The number of hydrogen-bond donors (Lipinski definition) is 1. The van der Waals surface area contributed by atoms with Gasteiger partial charge < -0.3 is 5.32 Å². The molecule has 0 bridgehead atoms. The number of nitro groups is 1. The molecule has 2 rings (SSSR count). The minimum Gasteiger partial charge on any atom is -0.322 e. The smallest absolute Gasteiger partial charge is 0.269 e. The van der Waals surface area contributed by atoms with Gasteiger partial charge in [-0.15, -0.1) is 0 Å². The van der Waals surface area contributed by atoms with Crippen molar-refractivity contribution in [1.82, 2.24) is 4.31 Å². The van der Waals surface area contributed by atoms with Crippen molar-refractivity contribution >= 4 is 27.3 Å². The van der Waals surface area contributed by atoms with Crippen molar-refractivity contribution in [1.29, 1.82) is 0 Å². The molecule has 0 aliphatic rings. The van der Waals surface area contributed by atoms with Gasteiger partial charge in [0.15, 0.2) is 0 Å². The van der Waals surface area contributed by atoms with E-state index in [1.807, 2.05) is 27.7 Å². The summed E-state index contributed by atoms with van der Waals surface area (Å²) in [6.07, 6.45) is 0. The summed E-state index contributed by atoms with van der Waals surface area (Å²) < 4.78 is 27.5. The van der Waals surface area contributed by atoms with E-state index in [4.69, 9.17) is 0 Å². The number of anilines is 1. The Balaban J connectivity index is 2.17. The first-order chi connectivity index (χ1) is 14.0. The van der Waals surface area contributed by atoms with Crippen LogP contribution in [0.5, 0.6) is 0 Å². The summed E-state index contributed by atoms with van der Waals surface area (Å²) in [4.78, 5) is 22.7. The number of carbonyl (C=O) groups is 1. The molecule has 0 aliphatic heterocycles. The molecular weight excluding hydrogens is 406 g/mol. The number of nitro benzene ring substituents is 1. The zero-order valence-electron chi connectivity index (χ0n) is 17.5. The quantitative estimate of drug-likeness (QED) is 0.472. The Kier molecular flexibility index (Phi) is 7.69. The predicted octanol–water partition coefficient (Wildman–Crippen LogP) is 4.15. The molecule has 0 aliphatic carbocycles. The standard InChI is InChI=1S/C21H27N3O5S/c1-15(2)13-23(14-16(3)4)30(28,29)20-11-5-17(6-12-20)21(25)22-18-7-9-19(10-8-18)24(26)27/h5-12,15-16H,13-14H2,1-4H3,(H,22,25). The fourth-order valence-corrected chi connectivity index (χ4v) is 4.65. The molecule has 0 saturated carbocycles. The maximum Gasteiger partial charge on any atom is 0.269 e. The van der Waals surface area contributed by atoms with Gasteiger partial charge in [-0.3, -0.25) is 14.9 Å². The molecule has 162 valence electrons. The third-order valence-electron chi connectivity index (χ3n) is 4.23. The van der Waals surface area contributed by atoms with Crippen LogP contribution in [0.4, 0.5) is 11.4 Å². The average molecular weight is 434 g/mol. The summed E-state index contributed by atoms with van der Waals surface area (Å²) in [6.45, 7) is 8.71. The molecule has 2 aromatic carbocycles. The van der Waals surface area contributed by atoms with Crippen molar-refractivity contribution in [3.63, 3.8) is 0 Å². The van der Waals surface area contributed by atoms with Crippen LogP contribution in [0.15, 0.2) is 53.4 Å². The molecule has 0 spiro atoms.